The summed E-state index contributed by atoms with van der Waals surface area (Å²) in [6.07, 6.45) is -2.74. The predicted octanol–water partition coefficient (Wildman–Crippen LogP) is 5.01. The van der Waals surface area contributed by atoms with E-state index in [-0.39, 0.29) is 11.0 Å². The standard InChI is InChI=1S/C12H11F3N2OS3/c1-7(20-11-17-16-10(19-2)21-11)8-3-5-9(6-4-8)18-12(13,14)15/h3-7H,1-2H3. The highest BCUT2D eigenvalue weighted by molar-refractivity contribution is 8.03. The molecule has 0 aliphatic rings. The van der Waals surface area contributed by atoms with Gasteiger partial charge in [0.2, 0.25) is 0 Å². The Kier molecular flexibility index (Phi) is 5.39. The molecule has 0 N–H and O–H groups in total. The fourth-order valence-electron chi connectivity index (χ4n) is 1.49. The van der Waals surface area contributed by atoms with Crippen LogP contribution in [0.3, 0.4) is 0 Å². The van der Waals surface area contributed by atoms with Gasteiger partial charge in [0.25, 0.3) is 0 Å². The third kappa shape index (κ3) is 5.08. The molecule has 1 heterocycles. The summed E-state index contributed by atoms with van der Waals surface area (Å²) in [6.45, 7) is 1.96. The molecule has 1 aromatic heterocycles. The van der Waals surface area contributed by atoms with Crippen LogP contribution in [0.25, 0.3) is 0 Å². The van der Waals surface area contributed by atoms with Gasteiger partial charge in [0, 0.05) is 5.25 Å². The number of hydrogen-bond acceptors (Lipinski definition) is 6. The Morgan fingerprint density at radius 2 is 1.76 bits per heavy atom. The molecule has 0 saturated heterocycles. The van der Waals surface area contributed by atoms with Crippen LogP contribution < -0.4 is 4.74 Å². The molecule has 0 spiro atoms. The number of benzene rings is 1. The van der Waals surface area contributed by atoms with Gasteiger partial charge in [-0.1, -0.05) is 47.0 Å². The Labute approximate surface area is 132 Å². The fourth-order valence-corrected chi connectivity index (χ4v) is 4.20. The quantitative estimate of drug-likeness (QED) is 0.707. The molecule has 1 atom stereocenters. The van der Waals surface area contributed by atoms with Gasteiger partial charge in [0.1, 0.15) is 5.75 Å². The largest absolute Gasteiger partial charge is 0.573 e. The Morgan fingerprint density at radius 3 is 2.29 bits per heavy atom. The van der Waals surface area contributed by atoms with E-state index in [0.29, 0.717) is 0 Å². The van der Waals surface area contributed by atoms with Crippen LogP contribution in [0.1, 0.15) is 17.7 Å². The summed E-state index contributed by atoms with van der Waals surface area (Å²) in [5.41, 5.74) is 0.899. The molecule has 9 heteroatoms. The van der Waals surface area contributed by atoms with Crippen molar-refractivity contribution in [1.29, 1.82) is 0 Å². The van der Waals surface area contributed by atoms with E-state index < -0.39 is 6.36 Å². The third-order valence-corrected chi connectivity index (χ3v) is 5.56. The zero-order valence-corrected chi connectivity index (χ0v) is 13.5. The van der Waals surface area contributed by atoms with Gasteiger partial charge < -0.3 is 4.74 Å². The van der Waals surface area contributed by atoms with Crippen molar-refractivity contribution in [3.63, 3.8) is 0 Å². The number of aromatic nitrogens is 2. The van der Waals surface area contributed by atoms with Crippen LogP contribution in [0, 0.1) is 0 Å². The monoisotopic (exact) mass is 352 g/mol. The second kappa shape index (κ2) is 6.89. The van der Waals surface area contributed by atoms with Gasteiger partial charge in [-0.2, -0.15) is 0 Å². The molecule has 1 aromatic carbocycles. The first-order valence-corrected chi connectivity index (χ1v) is 8.69. The normalized spacial score (nSPS) is 13.2. The number of halogens is 3. The summed E-state index contributed by atoms with van der Waals surface area (Å²) in [5, 5.41) is 8.12. The van der Waals surface area contributed by atoms with Crippen molar-refractivity contribution in [3.05, 3.63) is 29.8 Å². The van der Waals surface area contributed by atoms with E-state index in [2.05, 4.69) is 14.9 Å². The van der Waals surface area contributed by atoms with Crippen LogP contribution in [0.5, 0.6) is 5.75 Å². The molecular formula is C12H11F3N2OS3. The molecule has 0 radical (unpaired) electrons. The van der Waals surface area contributed by atoms with E-state index in [4.69, 9.17) is 0 Å². The van der Waals surface area contributed by atoms with Crippen LogP contribution >= 0.6 is 34.9 Å². The Hall–Kier alpha value is -0.930. The van der Waals surface area contributed by atoms with Crippen LogP contribution in [0.2, 0.25) is 0 Å². The maximum absolute atomic E-state index is 12.1. The minimum atomic E-state index is -4.66. The van der Waals surface area contributed by atoms with Crippen molar-refractivity contribution in [2.75, 3.05) is 6.26 Å². The van der Waals surface area contributed by atoms with Gasteiger partial charge in [0.05, 0.1) is 0 Å². The molecule has 1 unspecified atom stereocenters. The minimum absolute atomic E-state index is 0.0626. The van der Waals surface area contributed by atoms with Gasteiger partial charge in [-0.3, -0.25) is 0 Å². The molecule has 21 heavy (non-hydrogen) atoms. The van der Waals surface area contributed by atoms with E-state index >= 15 is 0 Å². The second-order valence-electron chi connectivity index (χ2n) is 3.91. The summed E-state index contributed by atoms with van der Waals surface area (Å²) in [5.74, 6) is -0.218. The highest BCUT2D eigenvalue weighted by atomic mass is 32.2. The molecule has 0 aliphatic heterocycles. The summed E-state index contributed by atoms with van der Waals surface area (Å²) in [6, 6.07) is 5.87. The minimum Gasteiger partial charge on any atom is -0.406 e. The van der Waals surface area contributed by atoms with Crippen molar-refractivity contribution in [2.24, 2.45) is 0 Å². The topological polar surface area (TPSA) is 35.0 Å². The number of hydrogen-bond donors (Lipinski definition) is 0. The lowest BCUT2D eigenvalue weighted by molar-refractivity contribution is -0.274. The third-order valence-electron chi connectivity index (χ3n) is 2.42. The Morgan fingerprint density at radius 1 is 1.14 bits per heavy atom. The average Bonchev–Trinajstić information content (AvgIpc) is 2.85. The maximum atomic E-state index is 12.1. The number of nitrogens with zero attached hydrogens (tertiary/aromatic N) is 2. The van der Waals surface area contributed by atoms with Crippen molar-refractivity contribution in [3.8, 4) is 5.75 Å². The predicted molar refractivity (Wildman–Crippen MR) is 79.1 cm³/mol. The number of thioether (sulfide) groups is 2. The summed E-state index contributed by atoms with van der Waals surface area (Å²) < 4.78 is 41.8. The lowest BCUT2D eigenvalue weighted by atomic mass is 10.2. The second-order valence-corrected chi connectivity index (χ2v) is 7.53. The fraction of sp³-hybridized carbons (Fsp3) is 0.333. The zero-order chi connectivity index (χ0) is 15.5. The van der Waals surface area contributed by atoms with E-state index in [1.165, 1.54) is 47.0 Å². The Balaban J connectivity index is 2.00. The van der Waals surface area contributed by atoms with E-state index in [0.717, 1.165) is 14.2 Å². The maximum Gasteiger partial charge on any atom is 0.573 e. The first-order valence-electron chi connectivity index (χ1n) is 5.77. The zero-order valence-electron chi connectivity index (χ0n) is 11.0. The van der Waals surface area contributed by atoms with Gasteiger partial charge in [-0.25, -0.2) is 0 Å². The molecule has 2 rings (SSSR count). The summed E-state index contributed by atoms with van der Waals surface area (Å²) in [7, 11) is 0. The number of alkyl halides is 3. The van der Waals surface area contributed by atoms with Crippen LogP contribution in [-0.4, -0.2) is 22.8 Å². The molecule has 0 aliphatic carbocycles. The molecule has 2 aromatic rings. The molecule has 0 bridgehead atoms. The SMILES string of the molecule is CSc1nnc(SC(C)c2ccc(OC(F)(F)F)cc2)s1. The summed E-state index contributed by atoms with van der Waals surface area (Å²) >= 11 is 4.55. The lowest BCUT2D eigenvalue weighted by Crippen LogP contribution is -2.17. The van der Waals surface area contributed by atoms with Gasteiger partial charge in [0.15, 0.2) is 8.68 Å². The average molecular weight is 352 g/mol. The van der Waals surface area contributed by atoms with Crippen molar-refractivity contribution in [2.45, 2.75) is 27.2 Å². The highest BCUT2D eigenvalue weighted by Gasteiger charge is 2.31. The molecule has 0 amide bonds. The first kappa shape index (κ1) is 16.4. The Bertz CT molecular complexity index is 586. The van der Waals surface area contributed by atoms with E-state index in [1.807, 2.05) is 13.2 Å². The molecule has 3 nitrogen and oxygen atoms in total. The number of rotatable bonds is 5. The van der Waals surface area contributed by atoms with Crippen molar-refractivity contribution in [1.82, 2.24) is 10.2 Å². The van der Waals surface area contributed by atoms with Crippen molar-refractivity contribution >= 4 is 34.9 Å². The van der Waals surface area contributed by atoms with Gasteiger partial charge in [-0.05, 0) is 30.9 Å². The summed E-state index contributed by atoms with van der Waals surface area (Å²) in [4.78, 5) is 0. The first-order chi connectivity index (χ1) is 9.87. The van der Waals surface area contributed by atoms with Crippen LogP contribution in [0.15, 0.2) is 32.9 Å². The van der Waals surface area contributed by atoms with Gasteiger partial charge >= 0.3 is 6.36 Å². The lowest BCUT2D eigenvalue weighted by Gasteiger charge is -2.12. The van der Waals surface area contributed by atoms with Crippen molar-refractivity contribution < 1.29 is 17.9 Å². The highest BCUT2D eigenvalue weighted by Crippen LogP contribution is 2.38. The van der Waals surface area contributed by atoms with Crippen LogP contribution in [0.4, 0.5) is 13.2 Å². The van der Waals surface area contributed by atoms with Gasteiger partial charge in [-0.15, -0.1) is 23.4 Å². The molecular weight excluding hydrogens is 341 g/mol. The van der Waals surface area contributed by atoms with E-state index in [1.54, 1.807) is 12.1 Å². The van der Waals surface area contributed by atoms with Crippen LogP contribution in [-0.2, 0) is 0 Å². The smallest absolute Gasteiger partial charge is 0.406 e. The number of ether oxygens (including phenoxy) is 1. The molecule has 0 fully saturated rings. The van der Waals surface area contributed by atoms with E-state index in [9.17, 15) is 13.2 Å². The molecule has 0 saturated carbocycles. The molecule has 114 valence electrons.